The van der Waals surface area contributed by atoms with Crippen LogP contribution in [0, 0.1) is 11.8 Å². The molecule has 2 saturated heterocycles. The number of hydrogen-bond donors (Lipinski definition) is 1. The van der Waals surface area contributed by atoms with Crippen LogP contribution in [0.5, 0.6) is 0 Å². The van der Waals surface area contributed by atoms with Crippen LogP contribution in [-0.4, -0.2) is 49.1 Å². The summed E-state index contributed by atoms with van der Waals surface area (Å²) in [6.45, 7) is 8.55. The minimum atomic E-state index is -0.309. The predicted molar refractivity (Wildman–Crippen MR) is 74.8 cm³/mol. The molecule has 0 radical (unpaired) electrons. The van der Waals surface area contributed by atoms with E-state index in [1.54, 1.807) is 0 Å². The molecule has 1 aliphatic carbocycles. The summed E-state index contributed by atoms with van der Waals surface area (Å²) in [5.74, 6) is 1.30. The lowest BCUT2D eigenvalue weighted by Gasteiger charge is -2.43. The highest BCUT2D eigenvalue weighted by Gasteiger charge is 2.46. The van der Waals surface area contributed by atoms with E-state index in [4.69, 9.17) is 15.2 Å². The molecular formula is C15H28N2O2. The van der Waals surface area contributed by atoms with Gasteiger partial charge in [0.15, 0.2) is 5.79 Å². The summed E-state index contributed by atoms with van der Waals surface area (Å²) in [6.07, 6.45) is 4.26. The Balaban J connectivity index is 1.65. The quantitative estimate of drug-likeness (QED) is 0.826. The van der Waals surface area contributed by atoms with Crippen molar-refractivity contribution in [2.75, 3.05) is 26.3 Å². The monoisotopic (exact) mass is 268 g/mol. The third-order valence-corrected chi connectivity index (χ3v) is 5.35. The van der Waals surface area contributed by atoms with E-state index in [0.29, 0.717) is 6.04 Å². The van der Waals surface area contributed by atoms with Gasteiger partial charge in [-0.05, 0) is 31.2 Å². The van der Waals surface area contributed by atoms with Crippen molar-refractivity contribution in [3.8, 4) is 0 Å². The average Bonchev–Trinajstić information content (AvgIpc) is 3.03. The first kappa shape index (κ1) is 13.8. The Morgan fingerprint density at radius 3 is 2.58 bits per heavy atom. The van der Waals surface area contributed by atoms with Gasteiger partial charge in [-0.25, -0.2) is 0 Å². The molecule has 19 heavy (non-hydrogen) atoms. The van der Waals surface area contributed by atoms with E-state index >= 15 is 0 Å². The summed E-state index contributed by atoms with van der Waals surface area (Å²) in [6, 6.07) is 0.722. The van der Waals surface area contributed by atoms with E-state index in [-0.39, 0.29) is 11.8 Å². The Morgan fingerprint density at radius 2 is 1.95 bits per heavy atom. The largest absolute Gasteiger partial charge is 0.347 e. The first-order chi connectivity index (χ1) is 9.10. The molecule has 0 bridgehead atoms. The fraction of sp³-hybridized carbons (Fsp3) is 1.00. The van der Waals surface area contributed by atoms with Crippen molar-refractivity contribution < 1.29 is 9.47 Å². The number of hydrogen-bond acceptors (Lipinski definition) is 4. The average molecular weight is 268 g/mol. The smallest absolute Gasteiger partial charge is 0.170 e. The lowest BCUT2D eigenvalue weighted by molar-refractivity contribution is -0.191. The minimum Gasteiger partial charge on any atom is -0.347 e. The van der Waals surface area contributed by atoms with E-state index in [1.807, 2.05) is 0 Å². The van der Waals surface area contributed by atoms with Gasteiger partial charge in [-0.3, -0.25) is 4.90 Å². The van der Waals surface area contributed by atoms with E-state index in [1.165, 1.54) is 19.5 Å². The van der Waals surface area contributed by atoms with Crippen LogP contribution >= 0.6 is 0 Å². The molecule has 3 rings (SSSR count). The third kappa shape index (κ3) is 2.68. The fourth-order valence-electron chi connectivity index (χ4n) is 3.97. The van der Waals surface area contributed by atoms with Crippen LogP contribution in [0.3, 0.4) is 0 Å². The molecule has 4 heteroatoms. The van der Waals surface area contributed by atoms with Gasteiger partial charge in [0.2, 0.25) is 0 Å². The van der Waals surface area contributed by atoms with Crippen molar-refractivity contribution in [3.05, 3.63) is 0 Å². The molecule has 0 aromatic carbocycles. The summed E-state index contributed by atoms with van der Waals surface area (Å²) >= 11 is 0. The van der Waals surface area contributed by atoms with Crippen molar-refractivity contribution in [3.63, 3.8) is 0 Å². The molecular weight excluding hydrogens is 240 g/mol. The second kappa shape index (κ2) is 5.32. The molecule has 3 atom stereocenters. The van der Waals surface area contributed by atoms with Crippen molar-refractivity contribution in [2.45, 2.75) is 57.4 Å². The molecule has 1 saturated carbocycles. The van der Waals surface area contributed by atoms with Crippen molar-refractivity contribution in [1.29, 1.82) is 0 Å². The maximum atomic E-state index is 6.38. The van der Waals surface area contributed by atoms with E-state index in [9.17, 15) is 0 Å². The molecule has 2 heterocycles. The molecule has 4 nitrogen and oxygen atoms in total. The Morgan fingerprint density at radius 1 is 1.21 bits per heavy atom. The number of rotatable bonds is 2. The Kier molecular flexibility index (Phi) is 3.87. The molecule has 3 unspecified atom stereocenters. The molecule has 0 aromatic heterocycles. The maximum Gasteiger partial charge on any atom is 0.170 e. The van der Waals surface area contributed by atoms with Crippen LogP contribution in [0.15, 0.2) is 0 Å². The maximum absolute atomic E-state index is 6.38. The Labute approximate surface area is 116 Å². The predicted octanol–water partition coefficient (Wildman–Crippen LogP) is 1.59. The summed E-state index contributed by atoms with van der Waals surface area (Å²) in [7, 11) is 0. The van der Waals surface area contributed by atoms with Gasteiger partial charge in [0, 0.05) is 31.5 Å². The summed E-state index contributed by atoms with van der Waals surface area (Å²) < 4.78 is 11.8. The third-order valence-electron chi connectivity index (χ3n) is 5.35. The van der Waals surface area contributed by atoms with Crippen LogP contribution in [-0.2, 0) is 9.47 Å². The highest BCUT2D eigenvalue weighted by molar-refractivity contribution is 4.97. The number of nitrogens with zero attached hydrogens (tertiary/aromatic N) is 1. The molecule has 3 aliphatic rings. The zero-order valence-electron chi connectivity index (χ0n) is 12.3. The molecule has 110 valence electrons. The van der Waals surface area contributed by atoms with Gasteiger partial charge >= 0.3 is 0 Å². The normalized spacial score (nSPS) is 39.5. The Hall–Kier alpha value is -0.160. The van der Waals surface area contributed by atoms with Crippen molar-refractivity contribution in [2.24, 2.45) is 17.6 Å². The number of ether oxygens (including phenoxy) is 2. The molecule has 2 aliphatic heterocycles. The zero-order valence-corrected chi connectivity index (χ0v) is 12.3. The van der Waals surface area contributed by atoms with E-state index in [2.05, 4.69) is 18.7 Å². The Bertz CT molecular complexity index is 315. The SMILES string of the molecule is CC(C)C1CCN(C2CC3(CCC2N)OCCO3)C1. The number of nitrogens with two attached hydrogens (primary N) is 1. The van der Waals surface area contributed by atoms with Gasteiger partial charge in [0.25, 0.3) is 0 Å². The van der Waals surface area contributed by atoms with Crippen LogP contribution < -0.4 is 5.73 Å². The van der Waals surface area contributed by atoms with E-state index < -0.39 is 0 Å². The van der Waals surface area contributed by atoms with Crippen LogP contribution in [0.4, 0.5) is 0 Å². The molecule has 0 aromatic rings. The zero-order chi connectivity index (χ0) is 13.5. The second-order valence-corrected chi connectivity index (χ2v) is 6.87. The van der Waals surface area contributed by atoms with Crippen LogP contribution in [0.2, 0.25) is 0 Å². The molecule has 2 N–H and O–H groups in total. The van der Waals surface area contributed by atoms with Gasteiger partial charge in [-0.15, -0.1) is 0 Å². The standard InChI is InChI=1S/C15H28N2O2/c1-11(2)12-4-6-17(10-12)14-9-15(5-3-13(14)16)18-7-8-19-15/h11-14H,3-10,16H2,1-2H3. The van der Waals surface area contributed by atoms with Gasteiger partial charge < -0.3 is 15.2 Å². The summed E-state index contributed by atoms with van der Waals surface area (Å²) in [5, 5.41) is 0. The molecule has 0 amide bonds. The summed E-state index contributed by atoms with van der Waals surface area (Å²) in [5.41, 5.74) is 6.38. The second-order valence-electron chi connectivity index (χ2n) is 6.87. The number of likely N-dealkylation sites (tertiary alicyclic amines) is 1. The summed E-state index contributed by atoms with van der Waals surface area (Å²) in [4.78, 5) is 2.60. The van der Waals surface area contributed by atoms with E-state index in [0.717, 1.165) is 44.3 Å². The van der Waals surface area contributed by atoms with Crippen LogP contribution in [0.25, 0.3) is 0 Å². The fourth-order valence-corrected chi connectivity index (χ4v) is 3.97. The highest BCUT2D eigenvalue weighted by Crippen LogP contribution is 2.39. The first-order valence-corrected chi connectivity index (χ1v) is 7.87. The highest BCUT2D eigenvalue weighted by atomic mass is 16.7. The lowest BCUT2D eigenvalue weighted by Crippen LogP contribution is -2.55. The lowest BCUT2D eigenvalue weighted by atomic mass is 9.85. The molecule has 1 spiro atoms. The molecule has 3 fully saturated rings. The van der Waals surface area contributed by atoms with Gasteiger partial charge in [-0.2, -0.15) is 0 Å². The topological polar surface area (TPSA) is 47.7 Å². The minimum absolute atomic E-state index is 0.282. The van der Waals surface area contributed by atoms with Crippen molar-refractivity contribution >= 4 is 0 Å². The van der Waals surface area contributed by atoms with Crippen molar-refractivity contribution in [1.82, 2.24) is 4.90 Å². The van der Waals surface area contributed by atoms with Gasteiger partial charge in [0.1, 0.15) is 0 Å². The van der Waals surface area contributed by atoms with Gasteiger partial charge in [0.05, 0.1) is 13.2 Å². The van der Waals surface area contributed by atoms with Gasteiger partial charge in [-0.1, -0.05) is 13.8 Å². The van der Waals surface area contributed by atoms with Crippen LogP contribution in [0.1, 0.15) is 39.5 Å². The first-order valence-electron chi connectivity index (χ1n) is 7.87.